The number of hydrogen-bond donors (Lipinski definition) is 1. The van der Waals surface area contributed by atoms with Gasteiger partial charge >= 0.3 is 5.97 Å². The number of allylic oxidation sites excluding steroid dienone is 1. The Balaban J connectivity index is 1.42. The fraction of sp³-hybridized carbons (Fsp3) is 0.867. The predicted octanol–water partition coefficient (Wildman–Crippen LogP) is 5.66. The molecule has 2 saturated heterocycles. The monoisotopic (exact) mass is 480 g/mol. The Labute approximate surface area is 211 Å². The molecule has 0 spiro atoms. The Morgan fingerprint density at radius 2 is 2.00 bits per heavy atom. The fourth-order valence-corrected chi connectivity index (χ4v) is 10.7. The van der Waals surface area contributed by atoms with Crippen LogP contribution < -0.4 is 0 Å². The van der Waals surface area contributed by atoms with Gasteiger partial charge in [0.1, 0.15) is 5.41 Å². The Morgan fingerprint density at radius 1 is 1.20 bits per heavy atom. The van der Waals surface area contributed by atoms with Crippen LogP contribution in [-0.2, 0) is 9.53 Å². The molecule has 7 unspecified atom stereocenters. The van der Waals surface area contributed by atoms with Gasteiger partial charge in [-0.25, -0.2) is 0 Å². The van der Waals surface area contributed by atoms with E-state index in [1.807, 2.05) is 0 Å². The van der Waals surface area contributed by atoms with Crippen molar-refractivity contribution in [2.24, 2.45) is 45.8 Å². The lowest BCUT2D eigenvalue weighted by Gasteiger charge is -2.59. The molecule has 35 heavy (non-hydrogen) atoms. The summed E-state index contributed by atoms with van der Waals surface area (Å²) in [5, 5.41) is 22.1. The number of rotatable bonds is 5. The number of piperidine rings is 1. The Kier molecular flexibility index (Phi) is 5.52. The predicted molar refractivity (Wildman–Crippen MR) is 134 cm³/mol. The summed E-state index contributed by atoms with van der Waals surface area (Å²) in [7, 11) is 0. The zero-order valence-corrected chi connectivity index (χ0v) is 22.1. The second-order valence-corrected chi connectivity index (χ2v) is 13.5. The molecular formula is C30H44N2O3. The molecule has 0 aromatic rings. The molecule has 5 heteroatoms. The lowest BCUT2D eigenvalue weighted by molar-refractivity contribution is -0.191. The molecular weight excluding hydrogens is 436 g/mol. The smallest absolute Gasteiger partial charge is 0.316 e. The van der Waals surface area contributed by atoms with Gasteiger partial charge in [0.2, 0.25) is 0 Å². The van der Waals surface area contributed by atoms with Gasteiger partial charge in [-0.1, -0.05) is 45.3 Å². The van der Waals surface area contributed by atoms with E-state index in [1.54, 1.807) is 0 Å². The maximum Gasteiger partial charge on any atom is 0.316 e. The largest absolute Gasteiger partial charge is 0.481 e. The van der Waals surface area contributed by atoms with Crippen LogP contribution in [0, 0.1) is 57.2 Å². The zero-order valence-electron chi connectivity index (χ0n) is 22.1. The van der Waals surface area contributed by atoms with E-state index in [0.29, 0.717) is 24.3 Å². The first-order valence-electron chi connectivity index (χ1n) is 14.5. The van der Waals surface area contributed by atoms with Crippen molar-refractivity contribution >= 4 is 5.97 Å². The highest BCUT2D eigenvalue weighted by Crippen LogP contribution is 2.84. The number of aliphatic carboxylic acids is 1. The normalized spacial score (nSPS) is 50.9. The molecule has 6 aliphatic rings. The SMILES string of the molecule is CC(C)C1=CC2CC3(C#N)[C@@H]4CC[C@@H](C)[C@H]4CC2(C2CCC(CN4CCCCC4C)O2)C13C(=O)O. The summed E-state index contributed by atoms with van der Waals surface area (Å²) in [5.41, 5.74) is -1.33. The summed E-state index contributed by atoms with van der Waals surface area (Å²) in [5.74, 6) is 0.733. The van der Waals surface area contributed by atoms with Crippen LogP contribution in [0.15, 0.2) is 11.6 Å². The van der Waals surface area contributed by atoms with Crippen molar-refractivity contribution in [1.29, 1.82) is 5.26 Å². The fourth-order valence-electron chi connectivity index (χ4n) is 10.7. The molecule has 6 rings (SSSR count). The van der Waals surface area contributed by atoms with Gasteiger partial charge < -0.3 is 9.84 Å². The number of carboxylic acids is 1. The average molecular weight is 481 g/mol. The van der Waals surface area contributed by atoms with Crippen LogP contribution in [0.3, 0.4) is 0 Å². The molecule has 0 aromatic heterocycles. The van der Waals surface area contributed by atoms with Crippen LogP contribution in [-0.4, -0.2) is 47.3 Å². The van der Waals surface area contributed by atoms with E-state index in [0.717, 1.165) is 50.8 Å². The molecule has 4 bridgehead atoms. The van der Waals surface area contributed by atoms with Crippen LogP contribution >= 0.6 is 0 Å². The van der Waals surface area contributed by atoms with Gasteiger partial charge in [-0.05, 0) is 88.0 Å². The quantitative estimate of drug-likeness (QED) is 0.514. The van der Waals surface area contributed by atoms with Gasteiger partial charge in [-0.2, -0.15) is 5.26 Å². The Hall–Kier alpha value is -1.38. The molecule has 10 atom stereocenters. The molecule has 2 aliphatic heterocycles. The number of likely N-dealkylation sites (tertiary alicyclic amines) is 1. The summed E-state index contributed by atoms with van der Waals surface area (Å²) in [4.78, 5) is 16.3. The van der Waals surface area contributed by atoms with E-state index in [4.69, 9.17) is 4.74 Å². The van der Waals surface area contributed by atoms with Gasteiger partial charge in [0.05, 0.1) is 23.7 Å². The highest BCUT2D eigenvalue weighted by Gasteiger charge is 2.86. The third kappa shape index (κ3) is 2.79. The van der Waals surface area contributed by atoms with Crippen molar-refractivity contribution in [3.8, 4) is 6.07 Å². The van der Waals surface area contributed by atoms with Crippen molar-refractivity contribution in [2.45, 2.75) is 104 Å². The van der Waals surface area contributed by atoms with E-state index >= 15 is 0 Å². The highest BCUT2D eigenvalue weighted by atomic mass is 16.5. The maximum absolute atomic E-state index is 13.7. The van der Waals surface area contributed by atoms with Crippen molar-refractivity contribution < 1.29 is 14.6 Å². The molecule has 0 aromatic carbocycles. The second kappa shape index (κ2) is 8.06. The standard InChI is InChI=1S/C30H44N2O3/c1-18(2)25-13-21-14-28(17-31)24-10-8-19(3)23(24)15-29(21,30(25,28)27(33)34)26-11-9-22(35-26)16-32-12-6-5-7-20(32)4/h13,18-24,26H,5-12,14-16H2,1-4H3,(H,33,34)/t19-,20?,21?,22?,23-,24-,26?,28?,29?,30?/m1/s1. The van der Waals surface area contributed by atoms with E-state index in [1.165, 1.54) is 19.3 Å². The zero-order chi connectivity index (χ0) is 24.8. The highest BCUT2D eigenvalue weighted by molar-refractivity contribution is 5.86. The lowest BCUT2D eigenvalue weighted by atomic mass is 9.41. The molecule has 5 fully saturated rings. The van der Waals surface area contributed by atoms with E-state index < -0.39 is 22.2 Å². The van der Waals surface area contributed by atoms with Gasteiger partial charge in [0, 0.05) is 18.0 Å². The van der Waals surface area contributed by atoms with Gasteiger partial charge in [-0.3, -0.25) is 9.69 Å². The first kappa shape index (κ1) is 24.0. The molecule has 4 aliphatic carbocycles. The van der Waals surface area contributed by atoms with Crippen LogP contribution in [0.1, 0.15) is 85.5 Å². The van der Waals surface area contributed by atoms with Crippen LogP contribution in [0.25, 0.3) is 0 Å². The van der Waals surface area contributed by atoms with Crippen molar-refractivity contribution in [1.82, 2.24) is 4.90 Å². The van der Waals surface area contributed by atoms with Crippen molar-refractivity contribution in [2.75, 3.05) is 13.1 Å². The molecule has 0 amide bonds. The number of nitrogens with zero attached hydrogens (tertiary/aromatic N) is 2. The number of carboxylic acid groups (broad SMARTS) is 1. The Morgan fingerprint density at radius 3 is 2.69 bits per heavy atom. The van der Waals surface area contributed by atoms with E-state index in [9.17, 15) is 15.2 Å². The first-order valence-corrected chi connectivity index (χ1v) is 14.5. The van der Waals surface area contributed by atoms with Crippen molar-refractivity contribution in [3.05, 3.63) is 11.6 Å². The van der Waals surface area contributed by atoms with E-state index in [-0.39, 0.29) is 30.0 Å². The van der Waals surface area contributed by atoms with Crippen molar-refractivity contribution in [3.63, 3.8) is 0 Å². The topological polar surface area (TPSA) is 73.6 Å². The molecule has 192 valence electrons. The molecule has 0 radical (unpaired) electrons. The molecule has 1 N–H and O–H groups in total. The number of carbonyl (C=O) groups is 1. The van der Waals surface area contributed by atoms with Gasteiger partial charge in [-0.15, -0.1) is 0 Å². The van der Waals surface area contributed by atoms with Crippen LogP contribution in [0.2, 0.25) is 0 Å². The number of fused-ring (bicyclic) bond motifs is 2. The molecule has 5 nitrogen and oxygen atoms in total. The van der Waals surface area contributed by atoms with E-state index in [2.05, 4.69) is 44.7 Å². The third-order valence-corrected chi connectivity index (χ3v) is 12.0. The summed E-state index contributed by atoms with van der Waals surface area (Å²) < 4.78 is 6.98. The van der Waals surface area contributed by atoms with Gasteiger partial charge in [0.25, 0.3) is 0 Å². The lowest BCUT2D eigenvalue weighted by Crippen LogP contribution is -2.64. The summed E-state index contributed by atoms with van der Waals surface area (Å²) in [6.45, 7) is 11.1. The summed E-state index contributed by atoms with van der Waals surface area (Å²) >= 11 is 0. The Bertz CT molecular complexity index is 969. The number of ether oxygens (including phenoxy) is 1. The summed E-state index contributed by atoms with van der Waals surface area (Å²) in [6.07, 6.45) is 12.0. The minimum Gasteiger partial charge on any atom is -0.481 e. The minimum atomic E-state index is -1.10. The second-order valence-electron chi connectivity index (χ2n) is 13.5. The van der Waals surface area contributed by atoms with Crippen LogP contribution in [0.5, 0.6) is 0 Å². The average Bonchev–Trinajstić information content (AvgIpc) is 3.55. The summed E-state index contributed by atoms with van der Waals surface area (Å²) in [6, 6.07) is 3.39. The molecule has 3 saturated carbocycles. The number of nitriles is 1. The minimum absolute atomic E-state index is 0.0647. The first-order chi connectivity index (χ1) is 16.7. The third-order valence-electron chi connectivity index (χ3n) is 12.0. The van der Waals surface area contributed by atoms with Crippen LogP contribution in [0.4, 0.5) is 0 Å². The number of hydrogen-bond acceptors (Lipinski definition) is 4. The maximum atomic E-state index is 13.7. The molecule has 2 heterocycles. The van der Waals surface area contributed by atoms with Gasteiger partial charge in [0.15, 0.2) is 0 Å².